The smallest absolute Gasteiger partial charge is 0.258 e. The van der Waals surface area contributed by atoms with Crippen LogP contribution in [-0.4, -0.2) is 41.5 Å². The largest absolute Gasteiger partial charge is 0.508 e. The molecule has 0 aromatic heterocycles. The fourth-order valence-corrected chi connectivity index (χ4v) is 2.07. The number of amides is 1. The molecular weight excluding hydrogens is 220 g/mol. The van der Waals surface area contributed by atoms with Gasteiger partial charge in [0.15, 0.2) is 0 Å². The van der Waals surface area contributed by atoms with Crippen LogP contribution in [0.15, 0.2) is 17.1 Å². The van der Waals surface area contributed by atoms with Crippen molar-refractivity contribution in [2.45, 2.75) is 13.0 Å². The van der Waals surface area contributed by atoms with E-state index >= 15 is 0 Å². The van der Waals surface area contributed by atoms with Gasteiger partial charge in [0.05, 0.1) is 23.9 Å². The zero-order valence-corrected chi connectivity index (χ0v) is 9.38. The Hall–Kier alpha value is -1.88. The third-order valence-corrected chi connectivity index (χ3v) is 3.11. The van der Waals surface area contributed by atoms with Crippen molar-refractivity contribution in [2.24, 2.45) is 4.99 Å². The number of nitrogens with zero attached hydrogens (tertiary/aromatic N) is 2. The molecule has 0 radical (unpaired) electrons. The van der Waals surface area contributed by atoms with Crippen molar-refractivity contribution in [3.63, 3.8) is 0 Å². The molecule has 0 aliphatic carbocycles. The summed E-state index contributed by atoms with van der Waals surface area (Å²) in [5.74, 6) is 0.0649. The van der Waals surface area contributed by atoms with Crippen molar-refractivity contribution in [1.82, 2.24) is 4.90 Å². The maximum Gasteiger partial charge on any atom is 0.258 e. The summed E-state index contributed by atoms with van der Waals surface area (Å²) in [6.07, 6.45) is 1.70. The molecule has 2 aliphatic heterocycles. The topological polar surface area (TPSA) is 62.1 Å². The molecule has 1 N–H and O–H groups in total. The van der Waals surface area contributed by atoms with Crippen LogP contribution in [0.3, 0.4) is 0 Å². The third-order valence-electron chi connectivity index (χ3n) is 3.11. The molecule has 1 atom stereocenters. The lowest BCUT2D eigenvalue weighted by Gasteiger charge is -2.17. The van der Waals surface area contributed by atoms with Gasteiger partial charge in [0.25, 0.3) is 5.91 Å². The van der Waals surface area contributed by atoms with Gasteiger partial charge >= 0.3 is 0 Å². The van der Waals surface area contributed by atoms with Crippen molar-refractivity contribution in [1.29, 1.82) is 0 Å². The molecule has 0 bridgehead atoms. The molecule has 2 heterocycles. The Morgan fingerprint density at radius 2 is 2.35 bits per heavy atom. The van der Waals surface area contributed by atoms with Gasteiger partial charge in [-0.2, -0.15) is 0 Å². The van der Waals surface area contributed by atoms with Gasteiger partial charge in [0.2, 0.25) is 0 Å². The second-order valence-corrected chi connectivity index (χ2v) is 4.28. The normalized spacial score (nSPS) is 22.3. The summed E-state index contributed by atoms with van der Waals surface area (Å²) in [6.45, 7) is 2.54. The minimum atomic E-state index is -0.0997. The number of carbonyl (C=O) groups excluding carboxylic acids is 1. The summed E-state index contributed by atoms with van der Waals surface area (Å²) in [6, 6.07) is 3.10. The van der Waals surface area contributed by atoms with Crippen molar-refractivity contribution in [3.05, 3.63) is 23.3 Å². The molecule has 1 amide bonds. The summed E-state index contributed by atoms with van der Waals surface area (Å²) >= 11 is 0. The predicted octanol–water partition coefficient (Wildman–Crippen LogP) is 1.22. The van der Waals surface area contributed by atoms with Crippen LogP contribution < -0.4 is 0 Å². The molecule has 1 aromatic rings. The van der Waals surface area contributed by atoms with Crippen LogP contribution in [0.1, 0.15) is 15.9 Å². The molecule has 0 saturated carbocycles. The number of fused-ring (bicyclic) bond motifs is 2. The molecule has 17 heavy (non-hydrogen) atoms. The van der Waals surface area contributed by atoms with E-state index in [1.54, 1.807) is 24.1 Å². The average Bonchev–Trinajstić information content (AvgIpc) is 2.73. The molecule has 2 aliphatic rings. The standard InChI is InChI=1S/C12H12N2O3/c1-7-2-9-10(3-11(7)15)13-4-8-5-17-6-14(8)12(9)16/h2-4,8,15H,5-6H2,1H3. The van der Waals surface area contributed by atoms with Crippen molar-refractivity contribution in [2.75, 3.05) is 13.3 Å². The number of hydrogen-bond acceptors (Lipinski definition) is 4. The summed E-state index contributed by atoms with van der Waals surface area (Å²) in [5, 5.41) is 9.63. The van der Waals surface area contributed by atoms with E-state index in [2.05, 4.69) is 4.99 Å². The van der Waals surface area contributed by atoms with Gasteiger partial charge in [-0.15, -0.1) is 0 Å². The number of hydrogen-bond donors (Lipinski definition) is 1. The molecule has 1 fully saturated rings. The van der Waals surface area contributed by atoms with E-state index in [1.165, 1.54) is 6.07 Å². The van der Waals surface area contributed by atoms with Gasteiger partial charge < -0.3 is 14.7 Å². The van der Waals surface area contributed by atoms with Crippen LogP contribution in [0.5, 0.6) is 5.75 Å². The summed E-state index contributed by atoms with van der Waals surface area (Å²) in [5.41, 5.74) is 1.71. The Balaban J connectivity index is 2.15. The zero-order chi connectivity index (χ0) is 12.0. The fourth-order valence-electron chi connectivity index (χ4n) is 2.07. The number of benzene rings is 1. The molecule has 1 saturated heterocycles. The van der Waals surface area contributed by atoms with Crippen LogP contribution >= 0.6 is 0 Å². The van der Waals surface area contributed by atoms with Crippen molar-refractivity contribution >= 4 is 17.8 Å². The van der Waals surface area contributed by atoms with E-state index in [0.717, 1.165) is 0 Å². The molecule has 0 spiro atoms. The lowest BCUT2D eigenvalue weighted by Crippen LogP contribution is -2.36. The van der Waals surface area contributed by atoms with Gasteiger partial charge in [0.1, 0.15) is 12.5 Å². The molecule has 5 heteroatoms. The van der Waals surface area contributed by atoms with Crippen LogP contribution in [0.2, 0.25) is 0 Å². The molecule has 3 rings (SSSR count). The first-order valence-electron chi connectivity index (χ1n) is 5.43. The van der Waals surface area contributed by atoms with Gasteiger partial charge in [-0.1, -0.05) is 0 Å². The summed E-state index contributed by atoms with van der Waals surface area (Å²) < 4.78 is 5.25. The lowest BCUT2D eigenvalue weighted by atomic mass is 10.1. The highest BCUT2D eigenvalue weighted by atomic mass is 16.5. The van der Waals surface area contributed by atoms with E-state index in [0.29, 0.717) is 30.2 Å². The second kappa shape index (κ2) is 3.56. The maximum atomic E-state index is 12.3. The van der Waals surface area contributed by atoms with Crippen molar-refractivity contribution < 1.29 is 14.6 Å². The number of aromatic hydroxyl groups is 1. The third kappa shape index (κ3) is 1.51. The Morgan fingerprint density at radius 3 is 3.18 bits per heavy atom. The Morgan fingerprint density at radius 1 is 1.53 bits per heavy atom. The average molecular weight is 232 g/mol. The van der Waals surface area contributed by atoms with Crippen LogP contribution in [0.4, 0.5) is 5.69 Å². The minimum Gasteiger partial charge on any atom is -0.508 e. The van der Waals surface area contributed by atoms with Crippen molar-refractivity contribution in [3.8, 4) is 5.75 Å². The number of carbonyl (C=O) groups is 1. The summed E-state index contributed by atoms with van der Waals surface area (Å²) in [7, 11) is 0. The first-order valence-corrected chi connectivity index (χ1v) is 5.43. The summed E-state index contributed by atoms with van der Waals surface area (Å²) in [4.78, 5) is 18.2. The molecular formula is C12H12N2O3. The second-order valence-electron chi connectivity index (χ2n) is 4.28. The van der Waals surface area contributed by atoms with Gasteiger partial charge in [0, 0.05) is 12.3 Å². The molecule has 1 unspecified atom stereocenters. The fraction of sp³-hybridized carbons (Fsp3) is 0.333. The molecule has 1 aromatic carbocycles. The maximum absolute atomic E-state index is 12.3. The van der Waals surface area contributed by atoms with E-state index in [4.69, 9.17) is 4.74 Å². The van der Waals surface area contributed by atoms with Gasteiger partial charge in [-0.3, -0.25) is 9.79 Å². The predicted molar refractivity (Wildman–Crippen MR) is 61.8 cm³/mol. The highest BCUT2D eigenvalue weighted by Gasteiger charge is 2.32. The first-order chi connectivity index (χ1) is 8.16. The minimum absolute atomic E-state index is 0.0944. The van der Waals surface area contributed by atoms with E-state index in [9.17, 15) is 9.90 Å². The monoisotopic (exact) mass is 232 g/mol. The van der Waals surface area contributed by atoms with Crippen LogP contribution in [-0.2, 0) is 4.74 Å². The number of phenolic OH excluding ortho intramolecular Hbond substituents is 1. The zero-order valence-electron chi connectivity index (χ0n) is 9.38. The Bertz CT molecular complexity index is 525. The van der Waals surface area contributed by atoms with E-state index in [-0.39, 0.29) is 17.7 Å². The number of ether oxygens (including phenoxy) is 1. The number of aryl methyl sites for hydroxylation is 1. The highest BCUT2D eigenvalue weighted by molar-refractivity contribution is 6.03. The van der Waals surface area contributed by atoms with Crippen LogP contribution in [0, 0.1) is 6.92 Å². The molecule has 88 valence electrons. The quantitative estimate of drug-likeness (QED) is 0.731. The van der Waals surface area contributed by atoms with E-state index < -0.39 is 0 Å². The number of aliphatic imine (C=N–C) groups is 1. The SMILES string of the molecule is Cc1cc2c(cc1O)N=CC1COCN1C2=O. The Kier molecular flexibility index (Phi) is 2.16. The van der Waals surface area contributed by atoms with Gasteiger partial charge in [-0.05, 0) is 18.6 Å². The Labute approximate surface area is 98.3 Å². The van der Waals surface area contributed by atoms with Crippen LogP contribution in [0.25, 0.3) is 0 Å². The molecule has 5 nitrogen and oxygen atoms in total. The highest BCUT2D eigenvalue weighted by Crippen LogP contribution is 2.31. The lowest BCUT2D eigenvalue weighted by molar-refractivity contribution is 0.0684. The van der Waals surface area contributed by atoms with Gasteiger partial charge in [-0.25, -0.2) is 0 Å². The number of rotatable bonds is 0. The first kappa shape index (κ1) is 10.3. The number of phenols is 1. The van der Waals surface area contributed by atoms with E-state index in [1.807, 2.05) is 0 Å².